The van der Waals surface area contributed by atoms with Crippen molar-refractivity contribution in [2.75, 3.05) is 11.4 Å². The molecule has 0 saturated heterocycles. The molecule has 0 fully saturated rings. The number of benzene rings is 2. The van der Waals surface area contributed by atoms with Crippen LogP contribution in [0.5, 0.6) is 0 Å². The highest BCUT2D eigenvalue weighted by atomic mass is 16.3. The van der Waals surface area contributed by atoms with E-state index < -0.39 is 6.10 Å². The van der Waals surface area contributed by atoms with Crippen LogP contribution in [-0.4, -0.2) is 17.6 Å². The van der Waals surface area contributed by atoms with E-state index in [4.69, 9.17) is 0 Å². The number of hydrogen-bond donors (Lipinski definition) is 1. The Bertz CT molecular complexity index is 693. The summed E-state index contributed by atoms with van der Waals surface area (Å²) in [5.74, 6) is -0.00398. The number of aryl methyl sites for hydroxylation is 2. The number of hydrogen-bond acceptors (Lipinski definition) is 2. The zero-order chi connectivity index (χ0) is 15.0. The number of nitrogens with zero attached hydrogens (tertiary/aromatic N) is 1. The molecule has 1 heterocycles. The Morgan fingerprint density at radius 1 is 1.14 bits per heavy atom. The molecule has 3 heteroatoms. The molecule has 0 aromatic heterocycles. The Morgan fingerprint density at radius 2 is 1.90 bits per heavy atom. The highest BCUT2D eigenvalue weighted by Gasteiger charge is 2.28. The second-order valence-corrected chi connectivity index (χ2v) is 5.69. The van der Waals surface area contributed by atoms with Gasteiger partial charge in [-0.2, -0.15) is 0 Å². The Labute approximate surface area is 124 Å². The summed E-state index contributed by atoms with van der Waals surface area (Å²) in [5.41, 5.74) is 4.53. The van der Waals surface area contributed by atoms with Gasteiger partial charge in [0.2, 0.25) is 0 Å². The lowest BCUT2D eigenvalue weighted by molar-refractivity contribution is 0.0970. The van der Waals surface area contributed by atoms with Gasteiger partial charge in [-0.1, -0.05) is 35.4 Å². The standard InChI is InChI=1S/C18H19NO2/c1-12-4-3-5-14(10-12)18(21)19-9-8-17(20)15-11-13(2)6-7-16(15)19/h3-7,10-11,17,20H,8-9H2,1-2H3. The predicted molar refractivity (Wildman–Crippen MR) is 83.6 cm³/mol. The number of anilines is 1. The largest absolute Gasteiger partial charge is 0.388 e. The van der Waals surface area contributed by atoms with Crippen LogP contribution in [0.1, 0.15) is 39.6 Å². The SMILES string of the molecule is Cc1cccc(C(=O)N2CCC(O)c3cc(C)ccc32)c1. The monoisotopic (exact) mass is 281 g/mol. The van der Waals surface area contributed by atoms with Crippen molar-refractivity contribution in [1.29, 1.82) is 0 Å². The second kappa shape index (κ2) is 5.34. The van der Waals surface area contributed by atoms with Gasteiger partial charge in [-0.05, 0) is 38.5 Å². The van der Waals surface area contributed by atoms with Crippen LogP contribution in [0.15, 0.2) is 42.5 Å². The van der Waals surface area contributed by atoms with E-state index in [1.165, 1.54) is 0 Å². The molecule has 108 valence electrons. The lowest BCUT2D eigenvalue weighted by Gasteiger charge is -2.32. The molecular weight excluding hydrogens is 262 g/mol. The highest BCUT2D eigenvalue weighted by Crippen LogP contribution is 2.35. The summed E-state index contributed by atoms with van der Waals surface area (Å²) >= 11 is 0. The molecule has 1 aliphatic heterocycles. The van der Waals surface area contributed by atoms with Crippen molar-refractivity contribution < 1.29 is 9.90 Å². The van der Waals surface area contributed by atoms with E-state index in [2.05, 4.69) is 0 Å². The molecule has 1 unspecified atom stereocenters. The Morgan fingerprint density at radius 3 is 2.67 bits per heavy atom. The first-order valence-electron chi connectivity index (χ1n) is 7.23. The van der Waals surface area contributed by atoms with Gasteiger partial charge in [0.1, 0.15) is 0 Å². The summed E-state index contributed by atoms with van der Waals surface area (Å²) in [4.78, 5) is 14.5. The van der Waals surface area contributed by atoms with Gasteiger partial charge >= 0.3 is 0 Å². The van der Waals surface area contributed by atoms with Crippen molar-refractivity contribution in [3.63, 3.8) is 0 Å². The topological polar surface area (TPSA) is 40.5 Å². The minimum Gasteiger partial charge on any atom is -0.388 e. The fraction of sp³-hybridized carbons (Fsp3) is 0.278. The number of aliphatic hydroxyl groups is 1. The van der Waals surface area contributed by atoms with Gasteiger partial charge in [0, 0.05) is 23.4 Å². The first-order valence-corrected chi connectivity index (χ1v) is 7.23. The third-order valence-corrected chi connectivity index (χ3v) is 3.97. The highest BCUT2D eigenvalue weighted by molar-refractivity contribution is 6.06. The molecule has 2 aromatic rings. The number of fused-ring (bicyclic) bond motifs is 1. The molecule has 2 aromatic carbocycles. The van der Waals surface area contributed by atoms with Crippen LogP contribution < -0.4 is 4.90 Å². The van der Waals surface area contributed by atoms with Crippen molar-refractivity contribution in [3.8, 4) is 0 Å². The summed E-state index contributed by atoms with van der Waals surface area (Å²) in [7, 11) is 0. The lowest BCUT2D eigenvalue weighted by atomic mass is 9.96. The summed E-state index contributed by atoms with van der Waals surface area (Å²) in [6.07, 6.45) is 0.0926. The van der Waals surface area contributed by atoms with Gasteiger partial charge in [-0.25, -0.2) is 0 Å². The van der Waals surface area contributed by atoms with E-state index in [0.717, 1.165) is 22.4 Å². The Hall–Kier alpha value is -2.13. The quantitative estimate of drug-likeness (QED) is 0.870. The maximum absolute atomic E-state index is 12.8. The van der Waals surface area contributed by atoms with Crippen LogP contribution in [-0.2, 0) is 0 Å². The van der Waals surface area contributed by atoms with Crippen molar-refractivity contribution in [1.82, 2.24) is 0 Å². The third kappa shape index (κ3) is 2.57. The average molecular weight is 281 g/mol. The number of amides is 1. The van der Waals surface area contributed by atoms with Crippen LogP contribution in [0.4, 0.5) is 5.69 Å². The molecular formula is C18H19NO2. The zero-order valence-corrected chi connectivity index (χ0v) is 12.3. The Kier molecular flexibility index (Phi) is 3.52. The van der Waals surface area contributed by atoms with Crippen LogP contribution in [0, 0.1) is 13.8 Å². The molecule has 1 aliphatic rings. The maximum Gasteiger partial charge on any atom is 0.258 e. The fourth-order valence-electron chi connectivity index (χ4n) is 2.86. The minimum absolute atomic E-state index is 0.00398. The molecule has 0 radical (unpaired) electrons. The minimum atomic E-state index is -0.485. The van der Waals surface area contributed by atoms with Crippen molar-refractivity contribution >= 4 is 11.6 Å². The first kappa shape index (κ1) is 13.8. The van der Waals surface area contributed by atoms with Gasteiger partial charge in [0.15, 0.2) is 0 Å². The van der Waals surface area contributed by atoms with Crippen LogP contribution >= 0.6 is 0 Å². The van der Waals surface area contributed by atoms with Crippen LogP contribution in [0.25, 0.3) is 0 Å². The summed E-state index contributed by atoms with van der Waals surface area (Å²) < 4.78 is 0. The molecule has 1 atom stereocenters. The van der Waals surface area contributed by atoms with Gasteiger partial charge in [0.05, 0.1) is 6.10 Å². The number of carbonyl (C=O) groups excluding carboxylic acids is 1. The summed E-state index contributed by atoms with van der Waals surface area (Å²) in [6.45, 7) is 4.52. The summed E-state index contributed by atoms with van der Waals surface area (Å²) in [5, 5.41) is 10.2. The molecule has 3 nitrogen and oxygen atoms in total. The van der Waals surface area contributed by atoms with Crippen molar-refractivity contribution in [2.24, 2.45) is 0 Å². The first-order chi connectivity index (χ1) is 10.1. The molecule has 0 bridgehead atoms. The molecule has 0 spiro atoms. The fourth-order valence-corrected chi connectivity index (χ4v) is 2.86. The zero-order valence-electron chi connectivity index (χ0n) is 12.3. The van der Waals surface area contributed by atoms with Crippen molar-refractivity contribution in [3.05, 3.63) is 64.7 Å². The van der Waals surface area contributed by atoms with Crippen LogP contribution in [0.3, 0.4) is 0 Å². The van der Waals surface area contributed by atoms with E-state index in [1.54, 1.807) is 4.90 Å². The number of rotatable bonds is 1. The lowest BCUT2D eigenvalue weighted by Crippen LogP contribution is -2.36. The molecule has 1 amide bonds. The van der Waals surface area contributed by atoms with E-state index in [1.807, 2.05) is 56.3 Å². The van der Waals surface area contributed by atoms with Crippen LogP contribution in [0.2, 0.25) is 0 Å². The van der Waals surface area contributed by atoms with E-state index in [0.29, 0.717) is 18.5 Å². The van der Waals surface area contributed by atoms with Crippen molar-refractivity contribution in [2.45, 2.75) is 26.4 Å². The van der Waals surface area contributed by atoms with E-state index >= 15 is 0 Å². The molecule has 3 rings (SSSR count). The molecule has 1 N–H and O–H groups in total. The second-order valence-electron chi connectivity index (χ2n) is 5.69. The molecule has 0 aliphatic carbocycles. The third-order valence-electron chi connectivity index (χ3n) is 3.97. The maximum atomic E-state index is 12.8. The normalized spacial score (nSPS) is 17.5. The van der Waals surface area contributed by atoms with Gasteiger partial charge in [0.25, 0.3) is 5.91 Å². The van der Waals surface area contributed by atoms with E-state index in [9.17, 15) is 9.90 Å². The molecule has 0 saturated carbocycles. The van der Waals surface area contributed by atoms with Gasteiger partial charge < -0.3 is 10.0 Å². The Balaban J connectivity index is 2.01. The smallest absolute Gasteiger partial charge is 0.258 e. The predicted octanol–water partition coefficient (Wildman–Crippen LogP) is 3.39. The van der Waals surface area contributed by atoms with E-state index in [-0.39, 0.29) is 5.91 Å². The number of aliphatic hydroxyl groups excluding tert-OH is 1. The molecule has 21 heavy (non-hydrogen) atoms. The average Bonchev–Trinajstić information content (AvgIpc) is 2.47. The number of carbonyl (C=O) groups is 1. The van der Waals surface area contributed by atoms with Gasteiger partial charge in [-0.15, -0.1) is 0 Å². The summed E-state index contributed by atoms with van der Waals surface area (Å²) in [6, 6.07) is 13.5. The van der Waals surface area contributed by atoms with Gasteiger partial charge in [-0.3, -0.25) is 4.79 Å².